The maximum absolute atomic E-state index is 14.1. The Morgan fingerprint density at radius 3 is 2.37 bits per heavy atom. The lowest BCUT2D eigenvalue weighted by molar-refractivity contribution is -0.139. The van der Waals surface area contributed by atoms with Gasteiger partial charge in [-0.1, -0.05) is 60.3 Å². The standard InChI is InChI=1S/C31H36ClN3O5S/c1-22-14-16-29(17-15-22)41(38,39)35(27-12-7-13-28(19-27)40-3)21-30(36)34(20-24-8-6-9-25(32)18-24)23(2)31(37)33-26-10-4-5-11-26/h6-9,12-19,23,26H,4-5,10-11,20-21H2,1-3H3,(H,33,37)/t23-/m1/s1. The van der Waals surface area contributed by atoms with E-state index in [1.54, 1.807) is 61.5 Å². The summed E-state index contributed by atoms with van der Waals surface area (Å²) in [6, 6.07) is 19.3. The number of ether oxygens (including phenoxy) is 1. The summed E-state index contributed by atoms with van der Waals surface area (Å²) < 4.78 is 34.3. The van der Waals surface area contributed by atoms with Gasteiger partial charge in [-0.05, 0) is 68.7 Å². The number of halogens is 1. The van der Waals surface area contributed by atoms with Gasteiger partial charge in [0.2, 0.25) is 11.8 Å². The molecule has 8 nitrogen and oxygen atoms in total. The zero-order valence-electron chi connectivity index (χ0n) is 23.5. The summed E-state index contributed by atoms with van der Waals surface area (Å²) in [6.45, 7) is 3.09. The highest BCUT2D eigenvalue weighted by Gasteiger charge is 2.33. The number of carbonyl (C=O) groups excluding carboxylic acids is 2. The largest absolute Gasteiger partial charge is 0.497 e. The molecule has 10 heteroatoms. The zero-order chi connectivity index (χ0) is 29.6. The lowest BCUT2D eigenvalue weighted by atomic mass is 10.1. The highest BCUT2D eigenvalue weighted by atomic mass is 35.5. The zero-order valence-corrected chi connectivity index (χ0v) is 25.1. The molecule has 3 aromatic rings. The normalized spacial score (nSPS) is 14.3. The number of anilines is 1. The summed E-state index contributed by atoms with van der Waals surface area (Å²) in [5.41, 5.74) is 1.90. The molecule has 0 bridgehead atoms. The van der Waals surface area contributed by atoms with Crippen LogP contribution in [0, 0.1) is 6.92 Å². The van der Waals surface area contributed by atoms with E-state index in [2.05, 4.69) is 5.32 Å². The van der Waals surface area contributed by atoms with E-state index >= 15 is 0 Å². The fourth-order valence-corrected chi connectivity index (χ4v) is 6.56. The molecule has 0 saturated heterocycles. The topological polar surface area (TPSA) is 96.0 Å². The van der Waals surface area contributed by atoms with Gasteiger partial charge in [-0.15, -0.1) is 0 Å². The molecule has 4 rings (SSSR count). The molecule has 0 unspecified atom stereocenters. The van der Waals surface area contributed by atoms with Crippen LogP contribution in [0.5, 0.6) is 5.75 Å². The molecule has 0 spiro atoms. The van der Waals surface area contributed by atoms with Gasteiger partial charge in [-0.3, -0.25) is 13.9 Å². The van der Waals surface area contributed by atoms with Gasteiger partial charge in [0.15, 0.2) is 0 Å². The van der Waals surface area contributed by atoms with Gasteiger partial charge in [-0.25, -0.2) is 8.42 Å². The Kier molecular flexibility index (Phi) is 9.94. The van der Waals surface area contributed by atoms with Crippen LogP contribution in [0.2, 0.25) is 5.02 Å². The lowest BCUT2D eigenvalue weighted by Crippen LogP contribution is -2.52. The van der Waals surface area contributed by atoms with Crippen molar-refractivity contribution < 1.29 is 22.7 Å². The van der Waals surface area contributed by atoms with Crippen molar-refractivity contribution in [3.05, 3.63) is 88.9 Å². The van der Waals surface area contributed by atoms with Crippen molar-refractivity contribution in [2.75, 3.05) is 18.0 Å². The number of nitrogens with zero attached hydrogens (tertiary/aromatic N) is 2. The molecular weight excluding hydrogens is 562 g/mol. The van der Waals surface area contributed by atoms with Crippen molar-refractivity contribution >= 4 is 39.1 Å². The smallest absolute Gasteiger partial charge is 0.264 e. The third kappa shape index (κ3) is 7.59. The third-order valence-corrected chi connectivity index (χ3v) is 9.36. The quantitative estimate of drug-likeness (QED) is 0.322. The van der Waals surface area contributed by atoms with E-state index in [1.807, 2.05) is 13.0 Å². The fourth-order valence-electron chi connectivity index (χ4n) is 4.94. The van der Waals surface area contributed by atoms with Crippen molar-refractivity contribution in [2.24, 2.45) is 0 Å². The van der Waals surface area contributed by atoms with E-state index in [0.29, 0.717) is 10.8 Å². The number of carbonyl (C=O) groups is 2. The van der Waals surface area contributed by atoms with Crippen LogP contribution >= 0.6 is 11.6 Å². The Bertz CT molecular complexity index is 1470. The van der Waals surface area contributed by atoms with Crippen molar-refractivity contribution in [3.63, 3.8) is 0 Å². The second kappa shape index (κ2) is 13.4. The fraction of sp³-hybridized carbons (Fsp3) is 0.355. The molecular formula is C31H36ClN3O5S. The second-order valence-corrected chi connectivity index (χ2v) is 12.6. The first-order chi connectivity index (χ1) is 19.6. The molecule has 1 aliphatic rings. The molecule has 0 aromatic heterocycles. The number of aryl methyl sites for hydroxylation is 1. The van der Waals surface area contributed by atoms with Crippen LogP contribution in [0.1, 0.15) is 43.7 Å². The molecule has 0 aliphatic heterocycles. The molecule has 0 radical (unpaired) electrons. The highest BCUT2D eigenvalue weighted by molar-refractivity contribution is 7.92. The molecule has 1 atom stereocenters. The predicted molar refractivity (Wildman–Crippen MR) is 161 cm³/mol. The Labute approximate surface area is 247 Å². The van der Waals surface area contributed by atoms with Gasteiger partial charge >= 0.3 is 0 Å². The van der Waals surface area contributed by atoms with Crippen LogP contribution in [0.3, 0.4) is 0 Å². The molecule has 1 aliphatic carbocycles. The minimum absolute atomic E-state index is 0.0483. The number of amides is 2. The van der Waals surface area contributed by atoms with Crippen molar-refractivity contribution in [1.29, 1.82) is 0 Å². The number of nitrogens with one attached hydrogen (secondary N) is 1. The molecule has 2 amide bonds. The van der Waals surface area contributed by atoms with Crippen LogP contribution in [-0.4, -0.2) is 50.9 Å². The van der Waals surface area contributed by atoms with Gasteiger partial charge in [0.1, 0.15) is 18.3 Å². The van der Waals surface area contributed by atoms with Gasteiger partial charge in [-0.2, -0.15) is 0 Å². The summed E-state index contributed by atoms with van der Waals surface area (Å²) in [6.07, 6.45) is 3.91. The first-order valence-corrected chi connectivity index (χ1v) is 15.5. The molecule has 41 heavy (non-hydrogen) atoms. The maximum atomic E-state index is 14.1. The van der Waals surface area contributed by atoms with Crippen molar-refractivity contribution in [3.8, 4) is 5.75 Å². The summed E-state index contributed by atoms with van der Waals surface area (Å²) in [4.78, 5) is 28.8. The number of rotatable bonds is 11. The van der Waals surface area contributed by atoms with E-state index in [-0.39, 0.29) is 29.1 Å². The minimum Gasteiger partial charge on any atom is -0.497 e. The number of sulfonamides is 1. The summed E-state index contributed by atoms with van der Waals surface area (Å²) in [5, 5.41) is 3.56. The monoisotopic (exact) mass is 597 g/mol. The second-order valence-electron chi connectivity index (χ2n) is 10.3. The van der Waals surface area contributed by atoms with Crippen LogP contribution in [0.15, 0.2) is 77.7 Å². The number of benzene rings is 3. The highest BCUT2D eigenvalue weighted by Crippen LogP contribution is 2.28. The van der Waals surface area contributed by atoms with Gasteiger partial charge in [0.25, 0.3) is 10.0 Å². The first-order valence-electron chi connectivity index (χ1n) is 13.7. The summed E-state index contributed by atoms with van der Waals surface area (Å²) >= 11 is 6.21. The Balaban J connectivity index is 1.70. The average molecular weight is 598 g/mol. The molecule has 1 N–H and O–H groups in total. The van der Waals surface area contributed by atoms with E-state index < -0.39 is 28.5 Å². The molecule has 1 saturated carbocycles. The minimum atomic E-state index is -4.16. The summed E-state index contributed by atoms with van der Waals surface area (Å²) in [5.74, 6) is -0.363. The molecule has 218 valence electrons. The van der Waals surface area contributed by atoms with Crippen molar-refractivity contribution in [2.45, 2.75) is 63.1 Å². The predicted octanol–water partition coefficient (Wildman–Crippen LogP) is 5.33. The van der Waals surface area contributed by atoms with E-state index in [0.717, 1.165) is 41.1 Å². The van der Waals surface area contributed by atoms with E-state index in [4.69, 9.17) is 16.3 Å². The number of hydrogen-bond donors (Lipinski definition) is 1. The van der Waals surface area contributed by atoms with Gasteiger partial charge in [0, 0.05) is 23.7 Å². The lowest BCUT2D eigenvalue weighted by Gasteiger charge is -2.32. The Morgan fingerprint density at radius 1 is 1.02 bits per heavy atom. The first kappa shape index (κ1) is 30.4. The van der Waals surface area contributed by atoms with Crippen LogP contribution in [0.25, 0.3) is 0 Å². The van der Waals surface area contributed by atoms with Crippen LogP contribution < -0.4 is 14.4 Å². The maximum Gasteiger partial charge on any atom is 0.264 e. The van der Waals surface area contributed by atoms with E-state index in [1.165, 1.54) is 24.1 Å². The number of hydrogen-bond acceptors (Lipinski definition) is 5. The van der Waals surface area contributed by atoms with Crippen LogP contribution in [-0.2, 0) is 26.2 Å². The third-order valence-electron chi connectivity index (χ3n) is 7.34. The van der Waals surface area contributed by atoms with E-state index in [9.17, 15) is 18.0 Å². The number of methoxy groups -OCH3 is 1. The average Bonchev–Trinajstić information content (AvgIpc) is 3.47. The summed E-state index contributed by atoms with van der Waals surface area (Å²) in [7, 11) is -2.67. The Morgan fingerprint density at radius 2 is 1.71 bits per heavy atom. The van der Waals surface area contributed by atoms with Crippen LogP contribution in [0.4, 0.5) is 5.69 Å². The SMILES string of the molecule is COc1cccc(N(CC(=O)N(Cc2cccc(Cl)c2)[C@H](C)C(=O)NC2CCCC2)S(=O)(=O)c2ccc(C)cc2)c1. The Hall–Kier alpha value is -3.56. The molecule has 0 heterocycles. The van der Waals surface area contributed by atoms with Crippen molar-refractivity contribution in [1.82, 2.24) is 10.2 Å². The van der Waals surface area contributed by atoms with Gasteiger partial charge < -0.3 is 15.0 Å². The van der Waals surface area contributed by atoms with Gasteiger partial charge in [0.05, 0.1) is 17.7 Å². The molecule has 3 aromatic carbocycles. The molecule has 1 fully saturated rings.